The molecule has 6 heteroatoms. The molecular formula is C26H29N3O2S. The monoisotopic (exact) mass is 447 g/mol. The van der Waals surface area contributed by atoms with Gasteiger partial charge in [0.15, 0.2) is 0 Å². The molecule has 1 aliphatic carbocycles. The zero-order valence-electron chi connectivity index (χ0n) is 19.0. The third kappa shape index (κ3) is 4.75. The Bertz CT molecular complexity index is 1150. The van der Waals surface area contributed by atoms with Gasteiger partial charge in [-0.1, -0.05) is 32.9 Å². The maximum atomic E-state index is 13.4. The predicted octanol–water partition coefficient (Wildman–Crippen LogP) is 6.11. The summed E-state index contributed by atoms with van der Waals surface area (Å²) in [6.07, 6.45) is 5.99. The minimum Gasteiger partial charge on any atom is -0.322 e. The van der Waals surface area contributed by atoms with Crippen molar-refractivity contribution in [2.45, 2.75) is 47.0 Å². The first-order chi connectivity index (χ1) is 15.2. The quantitative estimate of drug-likeness (QED) is 0.507. The first kappa shape index (κ1) is 22.2. The third-order valence-corrected chi connectivity index (χ3v) is 7.33. The van der Waals surface area contributed by atoms with Crippen molar-refractivity contribution in [2.24, 2.45) is 11.3 Å². The Balaban J connectivity index is 1.69. The van der Waals surface area contributed by atoms with Crippen LogP contribution in [-0.2, 0) is 12.8 Å². The second-order valence-corrected chi connectivity index (χ2v) is 10.6. The van der Waals surface area contributed by atoms with E-state index in [9.17, 15) is 9.59 Å². The first-order valence-electron chi connectivity index (χ1n) is 11.0. The SMILES string of the molecule is Cc1cccc(NC(=O)c2c(NC(=O)c3ccncc3)sc3c2CC[C@@H](C(C)(C)C)C3)c1. The number of amides is 2. The van der Waals surface area contributed by atoms with Gasteiger partial charge in [-0.3, -0.25) is 14.6 Å². The van der Waals surface area contributed by atoms with E-state index in [0.29, 0.717) is 22.0 Å². The number of aryl methyl sites for hydroxylation is 1. The molecule has 2 heterocycles. The molecule has 5 nitrogen and oxygen atoms in total. The fourth-order valence-electron chi connectivity index (χ4n) is 4.25. The molecule has 3 aromatic rings. The lowest BCUT2D eigenvalue weighted by Gasteiger charge is -2.33. The zero-order valence-corrected chi connectivity index (χ0v) is 19.8. The Morgan fingerprint density at radius 3 is 2.50 bits per heavy atom. The van der Waals surface area contributed by atoms with Crippen molar-refractivity contribution in [1.82, 2.24) is 4.98 Å². The minimum absolute atomic E-state index is 0.174. The van der Waals surface area contributed by atoms with Crippen LogP contribution in [0.25, 0.3) is 0 Å². The number of hydrogen-bond donors (Lipinski definition) is 2. The summed E-state index contributed by atoms with van der Waals surface area (Å²) in [5.41, 5.74) is 4.22. The number of pyridine rings is 1. The number of aromatic nitrogens is 1. The topological polar surface area (TPSA) is 71.1 Å². The van der Waals surface area contributed by atoms with Gasteiger partial charge in [-0.05, 0) is 72.9 Å². The Hall–Kier alpha value is -2.99. The number of carbonyl (C=O) groups excluding carboxylic acids is 2. The molecule has 0 radical (unpaired) electrons. The summed E-state index contributed by atoms with van der Waals surface area (Å²) >= 11 is 1.54. The van der Waals surface area contributed by atoms with Gasteiger partial charge in [0.2, 0.25) is 0 Å². The molecule has 0 aliphatic heterocycles. The second-order valence-electron chi connectivity index (χ2n) is 9.53. The molecule has 0 unspecified atom stereocenters. The molecule has 1 aromatic carbocycles. The van der Waals surface area contributed by atoms with Crippen LogP contribution in [0.2, 0.25) is 0 Å². The van der Waals surface area contributed by atoms with Gasteiger partial charge in [-0.15, -0.1) is 11.3 Å². The highest BCUT2D eigenvalue weighted by Gasteiger charge is 2.34. The second kappa shape index (κ2) is 8.87. The normalized spacial score (nSPS) is 15.7. The summed E-state index contributed by atoms with van der Waals surface area (Å²) in [6, 6.07) is 11.1. The molecule has 2 amide bonds. The summed E-state index contributed by atoms with van der Waals surface area (Å²) in [7, 11) is 0. The number of carbonyl (C=O) groups is 2. The lowest BCUT2D eigenvalue weighted by atomic mass is 9.72. The molecule has 1 atom stereocenters. The van der Waals surface area contributed by atoms with Crippen molar-refractivity contribution in [3.63, 3.8) is 0 Å². The molecule has 0 bridgehead atoms. The molecule has 0 saturated heterocycles. The Kier molecular flexibility index (Phi) is 6.15. The van der Waals surface area contributed by atoms with Gasteiger partial charge < -0.3 is 10.6 Å². The third-order valence-electron chi connectivity index (χ3n) is 6.16. The lowest BCUT2D eigenvalue weighted by Crippen LogP contribution is -2.27. The highest BCUT2D eigenvalue weighted by molar-refractivity contribution is 7.17. The Labute approximate surface area is 193 Å². The van der Waals surface area contributed by atoms with E-state index < -0.39 is 0 Å². The van der Waals surface area contributed by atoms with Crippen LogP contribution < -0.4 is 10.6 Å². The fraction of sp³-hybridized carbons (Fsp3) is 0.346. The van der Waals surface area contributed by atoms with Gasteiger partial charge in [-0.2, -0.15) is 0 Å². The van der Waals surface area contributed by atoms with Gasteiger partial charge in [-0.25, -0.2) is 0 Å². The maximum absolute atomic E-state index is 13.4. The van der Waals surface area contributed by atoms with Gasteiger partial charge in [0.05, 0.1) is 5.56 Å². The van der Waals surface area contributed by atoms with E-state index in [1.165, 1.54) is 16.2 Å². The van der Waals surface area contributed by atoms with Gasteiger partial charge >= 0.3 is 0 Å². The summed E-state index contributed by atoms with van der Waals surface area (Å²) in [5, 5.41) is 6.67. The summed E-state index contributed by atoms with van der Waals surface area (Å²) in [6.45, 7) is 8.81. The molecule has 32 heavy (non-hydrogen) atoms. The molecule has 2 aromatic heterocycles. The summed E-state index contributed by atoms with van der Waals surface area (Å²) < 4.78 is 0. The lowest BCUT2D eigenvalue weighted by molar-refractivity contribution is 0.102. The first-order valence-corrected chi connectivity index (χ1v) is 11.8. The molecule has 2 N–H and O–H groups in total. The highest BCUT2D eigenvalue weighted by atomic mass is 32.1. The fourth-order valence-corrected chi connectivity index (χ4v) is 5.57. The van der Waals surface area contributed by atoms with Crippen LogP contribution in [0.3, 0.4) is 0 Å². The molecule has 166 valence electrons. The van der Waals surface area contributed by atoms with E-state index in [2.05, 4.69) is 36.4 Å². The molecule has 4 rings (SSSR count). The number of nitrogens with one attached hydrogen (secondary N) is 2. The number of fused-ring (bicyclic) bond motifs is 1. The van der Waals surface area contributed by atoms with Crippen LogP contribution in [0.15, 0.2) is 48.8 Å². The van der Waals surface area contributed by atoms with Crippen molar-refractivity contribution in [1.29, 1.82) is 0 Å². The number of rotatable bonds is 4. The van der Waals surface area contributed by atoms with Gasteiger partial charge in [0, 0.05) is 28.5 Å². The standard InChI is InChI=1S/C26H29N3O2S/c1-16-6-5-7-19(14-16)28-24(31)22-20-9-8-18(26(2,3)4)15-21(20)32-25(22)29-23(30)17-10-12-27-13-11-17/h5-7,10-14,18H,8-9,15H2,1-4H3,(H,28,31)(H,29,30)/t18-/m1/s1. The van der Waals surface area contributed by atoms with Crippen LogP contribution in [0.1, 0.15) is 63.9 Å². The van der Waals surface area contributed by atoms with E-state index in [1.807, 2.05) is 31.2 Å². The average molecular weight is 448 g/mol. The Morgan fingerprint density at radius 1 is 1.06 bits per heavy atom. The molecule has 0 saturated carbocycles. The molecular weight excluding hydrogens is 418 g/mol. The van der Waals surface area contributed by atoms with E-state index in [-0.39, 0.29) is 17.2 Å². The molecule has 1 aliphatic rings. The number of benzene rings is 1. The predicted molar refractivity (Wildman–Crippen MR) is 131 cm³/mol. The van der Waals surface area contributed by atoms with Crippen molar-refractivity contribution < 1.29 is 9.59 Å². The largest absolute Gasteiger partial charge is 0.322 e. The van der Waals surface area contributed by atoms with E-state index in [0.717, 1.165) is 36.1 Å². The number of hydrogen-bond acceptors (Lipinski definition) is 4. The van der Waals surface area contributed by atoms with E-state index in [4.69, 9.17) is 0 Å². The van der Waals surface area contributed by atoms with Crippen LogP contribution in [0.4, 0.5) is 10.7 Å². The number of anilines is 2. The average Bonchev–Trinajstić information content (AvgIpc) is 3.10. The van der Waals surface area contributed by atoms with Gasteiger partial charge in [0.1, 0.15) is 5.00 Å². The number of thiophene rings is 1. The van der Waals surface area contributed by atoms with Crippen LogP contribution in [0, 0.1) is 18.3 Å². The van der Waals surface area contributed by atoms with Crippen molar-refractivity contribution in [3.05, 3.63) is 75.9 Å². The van der Waals surface area contributed by atoms with E-state index in [1.54, 1.807) is 24.5 Å². The van der Waals surface area contributed by atoms with Crippen LogP contribution in [0.5, 0.6) is 0 Å². The van der Waals surface area contributed by atoms with E-state index >= 15 is 0 Å². The highest BCUT2D eigenvalue weighted by Crippen LogP contribution is 2.44. The van der Waals surface area contributed by atoms with Crippen molar-refractivity contribution >= 4 is 33.8 Å². The van der Waals surface area contributed by atoms with Crippen LogP contribution >= 0.6 is 11.3 Å². The Morgan fingerprint density at radius 2 is 1.81 bits per heavy atom. The van der Waals surface area contributed by atoms with Gasteiger partial charge in [0.25, 0.3) is 11.8 Å². The zero-order chi connectivity index (χ0) is 22.9. The molecule has 0 fully saturated rings. The smallest absolute Gasteiger partial charge is 0.258 e. The maximum Gasteiger partial charge on any atom is 0.258 e. The van der Waals surface area contributed by atoms with Crippen molar-refractivity contribution in [3.8, 4) is 0 Å². The van der Waals surface area contributed by atoms with Crippen molar-refractivity contribution in [2.75, 3.05) is 10.6 Å². The molecule has 0 spiro atoms. The minimum atomic E-state index is -0.233. The summed E-state index contributed by atoms with van der Waals surface area (Å²) in [4.78, 5) is 31.5. The number of nitrogens with zero attached hydrogens (tertiary/aromatic N) is 1. The van der Waals surface area contributed by atoms with Crippen LogP contribution in [-0.4, -0.2) is 16.8 Å². The summed E-state index contributed by atoms with van der Waals surface area (Å²) in [5.74, 6) is 0.139.